The Balaban J connectivity index is 2.31. The van der Waals surface area contributed by atoms with Crippen LogP contribution in [0.25, 0.3) is 11.8 Å². The van der Waals surface area contributed by atoms with Gasteiger partial charge < -0.3 is 5.73 Å². The summed E-state index contributed by atoms with van der Waals surface area (Å²) in [4.78, 5) is 4.46. The zero-order chi connectivity index (χ0) is 20.7. The molecule has 0 aromatic heterocycles. The SMILES string of the molecule is C=Cc1ccccc1C(CC)NS(=O)(=O)c1ccc(/C(=C/C)N=C(C)N)cc1. The Hall–Kier alpha value is -2.70. The molecule has 0 amide bonds. The Bertz CT molecular complexity index is 987. The number of hydrogen-bond donors (Lipinski definition) is 2. The van der Waals surface area contributed by atoms with Crippen molar-refractivity contribution >= 4 is 27.6 Å². The van der Waals surface area contributed by atoms with Gasteiger partial charge >= 0.3 is 0 Å². The Labute approximate surface area is 167 Å². The Morgan fingerprint density at radius 2 is 1.86 bits per heavy atom. The highest BCUT2D eigenvalue weighted by atomic mass is 32.2. The fourth-order valence-corrected chi connectivity index (χ4v) is 4.23. The predicted octanol–water partition coefficient (Wildman–Crippen LogP) is 4.50. The number of hydrogen-bond acceptors (Lipinski definition) is 3. The fourth-order valence-electron chi connectivity index (χ4n) is 2.93. The molecular weight excluding hydrogens is 370 g/mol. The molecule has 0 fully saturated rings. The van der Waals surface area contributed by atoms with E-state index in [2.05, 4.69) is 16.3 Å². The standard InChI is InChI=1S/C22H27N3O2S/c1-5-17-10-8-9-11-20(17)22(7-3)25-28(26,27)19-14-12-18(13-15-19)21(6-2)24-16(4)23/h5-6,8-15,22,25H,1,7H2,2-4H3,(H2,23,24)/b21-6-. The first-order chi connectivity index (χ1) is 13.3. The summed E-state index contributed by atoms with van der Waals surface area (Å²) in [6.07, 6.45) is 4.19. The Morgan fingerprint density at radius 3 is 2.39 bits per heavy atom. The van der Waals surface area contributed by atoms with Crippen LogP contribution in [0.5, 0.6) is 0 Å². The van der Waals surface area contributed by atoms with E-state index >= 15 is 0 Å². The number of sulfonamides is 1. The third-order valence-corrected chi connectivity index (χ3v) is 5.82. The average Bonchev–Trinajstić information content (AvgIpc) is 2.70. The van der Waals surface area contributed by atoms with Gasteiger partial charge in [0.15, 0.2) is 0 Å². The van der Waals surface area contributed by atoms with Gasteiger partial charge in [-0.2, -0.15) is 0 Å². The summed E-state index contributed by atoms with van der Waals surface area (Å²) in [5.41, 5.74) is 8.97. The van der Waals surface area contributed by atoms with Crippen LogP contribution in [0.1, 0.15) is 49.9 Å². The smallest absolute Gasteiger partial charge is 0.241 e. The van der Waals surface area contributed by atoms with Gasteiger partial charge in [-0.1, -0.05) is 62.1 Å². The first kappa shape index (κ1) is 21.6. The monoisotopic (exact) mass is 397 g/mol. The fraction of sp³-hybridized carbons (Fsp3) is 0.227. The van der Waals surface area contributed by atoms with Gasteiger partial charge in [-0.3, -0.25) is 0 Å². The molecule has 2 aromatic rings. The third kappa shape index (κ3) is 5.18. The van der Waals surface area contributed by atoms with Gasteiger partial charge in [0.25, 0.3) is 0 Å². The molecule has 6 heteroatoms. The molecule has 3 N–H and O–H groups in total. The van der Waals surface area contributed by atoms with Crippen LogP contribution in [0.4, 0.5) is 0 Å². The molecule has 148 valence electrons. The molecule has 28 heavy (non-hydrogen) atoms. The Morgan fingerprint density at radius 1 is 1.21 bits per heavy atom. The highest BCUT2D eigenvalue weighted by Crippen LogP contribution is 2.25. The minimum absolute atomic E-state index is 0.203. The normalized spacial score (nSPS) is 14.0. The second-order valence-electron chi connectivity index (χ2n) is 6.37. The van der Waals surface area contributed by atoms with Gasteiger partial charge in [0, 0.05) is 6.04 Å². The molecule has 0 heterocycles. The topological polar surface area (TPSA) is 84.5 Å². The van der Waals surface area contributed by atoms with Crippen molar-refractivity contribution in [3.8, 4) is 0 Å². The minimum Gasteiger partial charge on any atom is -0.387 e. The Kier molecular flexibility index (Phi) is 7.31. The van der Waals surface area contributed by atoms with E-state index in [4.69, 9.17) is 5.73 Å². The highest BCUT2D eigenvalue weighted by Gasteiger charge is 2.21. The summed E-state index contributed by atoms with van der Waals surface area (Å²) in [7, 11) is -3.68. The van der Waals surface area contributed by atoms with E-state index in [0.717, 1.165) is 16.7 Å². The van der Waals surface area contributed by atoms with Crippen LogP contribution in [0.2, 0.25) is 0 Å². The quantitative estimate of drug-likeness (QED) is 0.508. The molecule has 1 unspecified atom stereocenters. The lowest BCUT2D eigenvalue weighted by atomic mass is 9.99. The van der Waals surface area contributed by atoms with Gasteiger partial charge in [0.2, 0.25) is 10.0 Å². The van der Waals surface area contributed by atoms with Gasteiger partial charge in [-0.25, -0.2) is 18.1 Å². The minimum atomic E-state index is -3.68. The average molecular weight is 398 g/mol. The zero-order valence-electron chi connectivity index (χ0n) is 16.5. The van der Waals surface area contributed by atoms with Crippen LogP contribution in [0, 0.1) is 0 Å². The van der Waals surface area contributed by atoms with Gasteiger partial charge in [0.05, 0.1) is 16.4 Å². The van der Waals surface area contributed by atoms with E-state index in [1.807, 2.05) is 44.2 Å². The number of aliphatic imine (C=N–C) groups is 1. The predicted molar refractivity (Wildman–Crippen MR) is 117 cm³/mol. The van der Waals surface area contributed by atoms with Gasteiger partial charge in [-0.15, -0.1) is 0 Å². The van der Waals surface area contributed by atoms with Crippen molar-refractivity contribution in [2.75, 3.05) is 0 Å². The number of nitrogens with two attached hydrogens (primary N) is 1. The van der Waals surface area contributed by atoms with Crippen molar-refractivity contribution in [3.63, 3.8) is 0 Å². The van der Waals surface area contributed by atoms with Crippen molar-refractivity contribution in [1.29, 1.82) is 0 Å². The van der Waals surface area contributed by atoms with Crippen LogP contribution < -0.4 is 10.5 Å². The van der Waals surface area contributed by atoms with Gasteiger partial charge in [0.1, 0.15) is 0 Å². The first-order valence-corrected chi connectivity index (χ1v) is 10.6. The molecular formula is C22H27N3O2S. The van der Waals surface area contributed by atoms with Crippen molar-refractivity contribution < 1.29 is 8.42 Å². The van der Waals surface area contributed by atoms with Crippen LogP contribution in [0.15, 0.2) is 71.1 Å². The second-order valence-corrected chi connectivity index (χ2v) is 8.08. The largest absolute Gasteiger partial charge is 0.387 e. The van der Waals surface area contributed by atoms with E-state index < -0.39 is 10.0 Å². The molecule has 2 aromatic carbocycles. The molecule has 2 rings (SSSR count). The molecule has 0 aliphatic rings. The lowest BCUT2D eigenvalue weighted by Gasteiger charge is -2.20. The van der Waals surface area contributed by atoms with E-state index in [0.29, 0.717) is 18.0 Å². The number of allylic oxidation sites excluding steroid dienone is 1. The molecule has 5 nitrogen and oxygen atoms in total. The van der Waals surface area contributed by atoms with Crippen LogP contribution in [-0.4, -0.2) is 14.3 Å². The summed E-state index contributed by atoms with van der Waals surface area (Å²) in [5, 5.41) is 0. The van der Waals surface area contributed by atoms with Gasteiger partial charge in [-0.05, 0) is 49.1 Å². The van der Waals surface area contributed by atoms with Crippen molar-refractivity contribution in [2.45, 2.75) is 38.1 Å². The number of amidine groups is 1. The maximum atomic E-state index is 12.9. The number of nitrogens with zero attached hydrogens (tertiary/aromatic N) is 1. The molecule has 0 saturated carbocycles. The molecule has 0 aliphatic heterocycles. The molecule has 0 spiro atoms. The molecule has 0 saturated heterocycles. The molecule has 0 aliphatic carbocycles. The van der Waals surface area contributed by atoms with Crippen LogP contribution in [-0.2, 0) is 10.0 Å². The molecule has 1 atom stereocenters. The van der Waals surface area contributed by atoms with Crippen molar-refractivity contribution in [1.82, 2.24) is 4.72 Å². The van der Waals surface area contributed by atoms with E-state index in [1.165, 1.54) is 0 Å². The van der Waals surface area contributed by atoms with Crippen molar-refractivity contribution in [3.05, 3.63) is 77.9 Å². The highest BCUT2D eigenvalue weighted by molar-refractivity contribution is 7.89. The molecule has 0 bridgehead atoms. The summed E-state index contributed by atoms with van der Waals surface area (Å²) in [6.45, 7) is 9.33. The summed E-state index contributed by atoms with van der Waals surface area (Å²) in [6, 6.07) is 13.9. The summed E-state index contributed by atoms with van der Waals surface area (Å²) in [5.74, 6) is 0.443. The number of nitrogens with one attached hydrogen (secondary N) is 1. The lowest BCUT2D eigenvalue weighted by molar-refractivity contribution is 0.550. The van der Waals surface area contributed by atoms with E-state index in [9.17, 15) is 8.42 Å². The van der Waals surface area contributed by atoms with E-state index in [1.54, 1.807) is 37.3 Å². The number of rotatable bonds is 8. The summed E-state index contributed by atoms with van der Waals surface area (Å²) >= 11 is 0. The van der Waals surface area contributed by atoms with Crippen LogP contribution in [0.3, 0.4) is 0 Å². The van der Waals surface area contributed by atoms with Crippen molar-refractivity contribution in [2.24, 2.45) is 10.7 Å². The third-order valence-electron chi connectivity index (χ3n) is 4.33. The summed E-state index contributed by atoms with van der Waals surface area (Å²) < 4.78 is 28.6. The zero-order valence-corrected chi connectivity index (χ0v) is 17.3. The maximum Gasteiger partial charge on any atom is 0.241 e. The molecule has 0 radical (unpaired) electrons. The number of benzene rings is 2. The maximum absolute atomic E-state index is 12.9. The second kappa shape index (κ2) is 9.48. The van der Waals surface area contributed by atoms with Crippen LogP contribution >= 0.6 is 0 Å². The lowest BCUT2D eigenvalue weighted by Crippen LogP contribution is -2.28. The first-order valence-electron chi connectivity index (χ1n) is 9.13. The van der Waals surface area contributed by atoms with E-state index in [-0.39, 0.29) is 10.9 Å².